The van der Waals surface area contributed by atoms with Crippen molar-refractivity contribution in [2.45, 2.75) is 58.5 Å². The fraction of sp³-hybridized carbons (Fsp3) is 0.636. The van der Waals surface area contributed by atoms with Crippen molar-refractivity contribution in [3.8, 4) is 5.75 Å². The quantitative estimate of drug-likeness (QED) is 0.843. The van der Waals surface area contributed by atoms with Gasteiger partial charge in [0.1, 0.15) is 5.75 Å². The summed E-state index contributed by atoms with van der Waals surface area (Å²) in [6, 6.07) is 7.60. The van der Waals surface area contributed by atoms with Gasteiger partial charge in [-0.15, -0.1) is 0 Å². The summed E-state index contributed by atoms with van der Waals surface area (Å²) < 4.78 is 5.70. The lowest BCUT2D eigenvalue weighted by Crippen LogP contribution is -2.49. The van der Waals surface area contributed by atoms with E-state index in [1.807, 2.05) is 9.80 Å². The number of likely N-dealkylation sites (tertiary alicyclic amines) is 2. The van der Waals surface area contributed by atoms with E-state index in [2.05, 4.69) is 20.8 Å². The number of benzene rings is 1. The standard InChI is InChI=1S/C22H33N3O3/c1-16-5-4-6-17(2)25(16)20(26)13-28-19-9-7-18(8-10-19)21(27)24-12-11-22(3,14-23)15-24/h7-10,16-17H,4-6,11-15,23H2,1-3H3. The lowest BCUT2D eigenvalue weighted by Gasteiger charge is -2.38. The Morgan fingerprint density at radius 3 is 2.39 bits per heavy atom. The molecule has 3 rings (SSSR count). The highest BCUT2D eigenvalue weighted by Crippen LogP contribution is 2.29. The smallest absolute Gasteiger partial charge is 0.260 e. The summed E-state index contributed by atoms with van der Waals surface area (Å²) in [5, 5.41) is 0. The van der Waals surface area contributed by atoms with Crippen LogP contribution in [0, 0.1) is 5.41 Å². The monoisotopic (exact) mass is 387 g/mol. The average Bonchev–Trinajstić information content (AvgIpc) is 3.09. The molecule has 0 spiro atoms. The van der Waals surface area contributed by atoms with E-state index in [0.717, 1.165) is 25.8 Å². The number of piperidine rings is 1. The van der Waals surface area contributed by atoms with Gasteiger partial charge < -0.3 is 20.3 Å². The Labute approximate surface area is 168 Å². The van der Waals surface area contributed by atoms with Crippen LogP contribution in [0.4, 0.5) is 0 Å². The summed E-state index contributed by atoms with van der Waals surface area (Å²) in [5.74, 6) is 0.657. The zero-order valence-electron chi connectivity index (χ0n) is 17.3. The van der Waals surface area contributed by atoms with E-state index in [4.69, 9.17) is 10.5 Å². The number of carbonyl (C=O) groups is 2. The van der Waals surface area contributed by atoms with Gasteiger partial charge in [0, 0.05) is 30.7 Å². The molecule has 0 aromatic heterocycles. The fourth-order valence-corrected chi connectivity index (χ4v) is 4.37. The van der Waals surface area contributed by atoms with Crippen LogP contribution >= 0.6 is 0 Å². The van der Waals surface area contributed by atoms with Crippen LogP contribution in [0.5, 0.6) is 5.75 Å². The molecule has 2 N–H and O–H groups in total. The molecule has 6 nitrogen and oxygen atoms in total. The van der Waals surface area contributed by atoms with Crippen LogP contribution in [-0.2, 0) is 4.79 Å². The minimum Gasteiger partial charge on any atom is -0.484 e. The predicted molar refractivity (Wildman–Crippen MR) is 109 cm³/mol. The molecule has 3 unspecified atom stereocenters. The molecule has 1 aromatic rings. The van der Waals surface area contributed by atoms with Crippen LogP contribution < -0.4 is 10.5 Å². The first-order valence-corrected chi connectivity index (χ1v) is 10.4. The summed E-state index contributed by atoms with van der Waals surface area (Å²) in [7, 11) is 0. The van der Waals surface area contributed by atoms with Gasteiger partial charge in [-0.3, -0.25) is 9.59 Å². The summed E-state index contributed by atoms with van der Waals surface area (Å²) in [6.45, 7) is 8.38. The van der Waals surface area contributed by atoms with Gasteiger partial charge in [0.15, 0.2) is 6.61 Å². The first kappa shape index (κ1) is 20.6. The van der Waals surface area contributed by atoms with E-state index in [1.165, 1.54) is 6.42 Å². The minimum absolute atomic E-state index is 0.0157. The largest absolute Gasteiger partial charge is 0.484 e. The molecular formula is C22H33N3O3. The van der Waals surface area contributed by atoms with E-state index in [9.17, 15) is 9.59 Å². The van der Waals surface area contributed by atoms with Gasteiger partial charge >= 0.3 is 0 Å². The maximum absolute atomic E-state index is 12.7. The van der Waals surface area contributed by atoms with Gasteiger partial charge in [0.2, 0.25) is 0 Å². The van der Waals surface area contributed by atoms with Crippen LogP contribution in [0.15, 0.2) is 24.3 Å². The van der Waals surface area contributed by atoms with Crippen LogP contribution in [-0.4, -0.2) is 59.9 Å². The van der Waals surface area contributed by atoms with Crippen LogP contribution in [0.2, 0.25) is 0 Å². The van der Waals surface area contributed by atoms with Crippen molar-refractivity contribution in [3.05, 3.63) is 29.8 Å². The molecule has 0 aliphatic carbocycles. The number of amides is 2. The third-order valence-corrected chi connectivity index (χ3v) is 6.28. The molecule has 154 valence electrons. The number of nitrogens with two attached hydrogens (primary N) is 1. The van der Waals surface area contributed by atoms with Crippen molar-refractivity contribution in [2.75, 3.05) is 26.2 Å². The second kappa shape index (κ2) is 8.52. The van der Waals surface area contributed by atoms with Gasteiger partial charge in [-0.25, -0.2) is 0 Å². The SMILES string of the molecule is CC1CCCC(C)N1C(=O)COc1ccc(C(=O)N2CCC(C)(CN)C2)cc1. The highest BCUT2D eigenvalue weighted by Gasteiger charge is 2.35. The van der Waals surface area contributed by atoms with Gasteiger partial charge in [-0.1, -0.05) is 6.92 Å². The van der Waals surface area contributed by atoms with E-state index >= 15 is 0 Å². The van der Waals surface area contributed by atoms with Crippen LogP contribution in [0.25, 0.3) is 0 Å². The van der Waals surface area contributed by atoms with Crippen molar-refractivity contribution >= 4 is 11.8 Å². The predicted octanol–water partition coefficient (Wildman–Crippen LogP) is 2.67. The summed E-state index contributed by atoms with van der Waals surface area (Å²) in [5.41, 5.74) is 6.49. The number of hydrogen-bond donors (Lipinski definition) is 1. The third-order valence-electron chi connectivity index (χ3n) is 6.28. The van der Waals surface area contributed by atoms with E-state index in [0.29, 0.717) is 24.4 Å². The topological polar surface area (TPSA) is 75.9 Å². The molecule has 28 heavy (non-hydrogen) atoms. The summed E-state index contributed by atoms with van der Waals surface area (Å²) >= 11 is 0. The molecule has 2 heterocycles. The molecule has 2 amide bonds. The second-order valence-electron chi connectivity index (χ2n) is 8.73. The average molecular weight is 388 g/mol. The number of carbonyl (C=O) groups excluding carboxylic acids is 2. The Morgan fingerprint density at radius 2 is 1.82 bits per heavy atom. The van der Waals surface area contributed by atoms with Gasteiger partial charge in [-0.2, -0.15) is 0 Å². The van der Waals surface area contributed by atoms with Crippen molar-refractivity contribution in [2.24, 2.45) is 11.1 Å². The van der Waals surface area contributed by atoms with Gasteiger partial charge in [-0.05, 0) is 75.8 Å². The lowest BCUT2D eigenvalue weighted by atomic mass is 9.90. The first-order chi connectivity index (χ1) is 13.3. The van der Waals surface area contributed by atoms with E-state index in [-0.39, 0.29) is 35.9 Å². The lowest BCUT2D eigenvalue weighted by molar-refractivity contribution is -0.139. The molecule has 3 atom stereocenters. The Hall–Kier alpha value is -2.08. The Morgan fingerprint density at radius 1 is 1.18 bits per heavy atom. The molecule has 1 aromatic carbocycles. The van der Waals surface area contributed by atoms with E-state index in [1.54, 1.807) is 24.3 Å². The highest BCUT2D eigenvalue weighted by atomic mass is 16.5. The summed E-state index contributed by atoms with van der Waals surface area (Å²) in [6.07, 6.45) is 4.20. The normalized spacial score (nSPS) is 27.7. The maximum atomic E-state index is 12.7. The van der Waals surface area contributed by atoms with Crippen molar-refractivity contribution in [1.82, 2.24) is 9.80 Å². The zero-order chi connectivity index (χ0) is 20.3. The van der Waals surface area contributed by atoms with Gasteiger partial charge in [0.05, 0.1) is 0 Å². The van der Waals surface area contributed by atoms with Crippen molar-refractivity contribution in [1.29, 1.82) is 0 Å². The molecule has 6 heteroatoms. The third kappa shape index (κ3) is 4.49. The fourth-order valence-electron chi connectivity index (χ4n) is 4.37. The Bertz CT molecular complexity index is 695. The maximum Gasteiger partial charge on any atom is 0.260 e. The molecule has 0 radical (unpaired) electrons. The van der Waals surface area contributed by atoms with Crippen molar-refractivity contribution in [3.63, 3.8) is 0 Å². The summed E-state index contributed by atoms with van der Waals surface area (Å²) in [4.78, 5) is 29.1. The molecule has 0 saturated carbocycles. The van der Waals surface area contributed by atoms with Crippen LogP contribution in [0.1, 0.15) is 56.8 Å². The Balaban J connectivity index is 1.54. The molecular weight excluding hydrogens is 354 g/mol. The molecule has 2 aliphatic rings. The molecule has 2 fully saturated rings. The minimum atomic E-state index is 0.0157. The van der Waals surface area contributed by atoms with E-state index < -0.39 is 0 Å². The molecule has 2 saturated heterocycles. The number of ether oxygens (including phenoxy) is 1. The van der Waals surface area contributed by atoms with Crippen LogP contribution in [0.3, 0.4) is 0 Å². The van der Waals surface area contributed by atoms with Crippen molar-refractivity contribution < 1.29 is 14.3 Å². The second-order valence-corrected chi connectivity index (χ2v) is 8.73. The molecule has 2 aliphatic heterocycles. The number of hydrogen-bond acceptors (Lipinski definition) is 4. The number of nitrogens with zero attached hydrogens (tertiary/aromatic N) is 2. The molecule has 0 bridgehead atoms. The first-order valence-electron chi connectivity index (χ1n) is 10.4. The Kier molecular flexibility index (Phi) is 6.28. The highest BCUT2D eigenvalue weighted by molar-refractivity contribution is 5.94. The van der Waals surface area contributed by atoms with Gasteiger partial charge in [0.25, 0.3) is 11.8 Å². The number of rotatable bonds is 5. The zero-order valence-corrected chi connectivity index (χ0v) is 17.3.